The molecular formula is C11H15NO5. The monoisotopic (exact) mass is 241 g/mol. The number of carboxylic acid groups (broad SMARTS) is 1. The first kappa shape index (κ1) is 12.0. The van der Waals surface area contributed by atoms with E-state index in [0.29, 0.717) is 6.42 Å². The average Bonchev–Trinajstić information content (AvgIpc) is 2.73. The van der Waals surface area contributed by atoms with Crippen molar-refractivity contribution in [1.29, 1.82) is 0 Å². The molecule has 1 heterocycles. The zero-order chi connectivity index (χ0) is 12.6. The lowest BCUT2D eigenvalue weighted by Gasteiger charge is -2.29. The van der Waals surface area contributed by atoms with Gasteiger partial charge in [0, 0.05) is 24.8 Å². The normalized spacial score (nSPS) is 29.6. The number of fused-ring (bicyclic) bond motifs is 2. The number of aliphatic hydroxyl groups is 1. The third kappa shape index (κ3) is 2.17. The van der Waals surface area contributed by atoms with Crippen LogP contribution in [0.1, 0.15) is 25.7 Å². The zero-order valence-corrected chi connectivity index (χ0v) is 9.33. The van der Waals surface area contributed by atoms with Gasteiger partial charge < -0.3 is 10.2 Å². The fourth-order valence-electron chi connectivity index (χ4n) is 2.57. The molecule has 0 aromatic rings. The summed E-state index contributed by atoms with van der Waals surface area (Å²) < 4.78 is 0. The molecule has 1 saturated heterocycles. The second-order valence-electron chi connectivity index (χ2n) is 4.68. The quantitative estimate of drug-likeness (QED) is 0.653. The van der Waals surface area contributed by atoms with Crippen molar-refractivity contribution >= 4 is 17.8 Å². The Morgan fingerprint density at radius 1 is 1.29 bits per heavy atom. The molecule has 94 valence electrons. The van der Waals surface area contributed by atoms with Crippen molar-refractivity contribution in [2.45, 2.75) is 31.8 Å². The molecule has 2 aliphatic rings. The van der Waals surface area contributed by atoms with Gasteiger partial charge in [0.1, 0.15) is 0 Å². The van der Waals surface area contributed by atoms with Gasteiger partial charge in [0.25, 0.3) is 0 Å². The van der Waals surface area contributed by atoms with E-state index in [1.807, 2.05) is 0 Å². The lowest BCUT2D eigenvalue weighted by Crippen LogP contribution is -2.47. The summed E-state index contributed by atoms with van der Waals surface area (Å²) in [5.41, 5.74) is 0. The van der Waals surface area contributed by atoms with E-state index in [2.05, 4.69) is 0 Å². The second kappa shape index (κ2) is 4.44. The van der Waals surface area contributed by atoms with E-state index >= 15 is 0 Å². The van der Waals surface area contributed by atoms with Crippen LogP contribution in [0.15, 0.2) is 0 Å². The Morgan fingerprint density at radius 3 is 2.29 bits per heavy atom. The Kier molecular flexibility index (Phi) is 3.15. The molecule has 2 fully saturated rings. The number of nitrogens with zero attached hydrogens (tertiary/aromatic N) is 1. The molecule has 1 aliphatic carbocycles. The maximum atomic E-state index is 11.9. The van der Waals surface area contributed by atoms with Crippen LogP contribution in [0.2, 0.25) is 0 Å². The zero-order valence-electron chi connectivity index (χ0n) is 9.33. The summed E-state index contributed by atoms with van der Waals surface area (Å²) in [6, 6.07) is 0. The molecule has 2 N–H and O–H groups in total. The number of amides is 2. The number of piperidine rings is 1. The molecule has 2 amide bonds. The number of carbonyl (C=O) groups excluding carboxylic acids is 2. The maximum Gasteiger partial charge on any atom is 0.332 e. The lowest BCUT2D eigenvalue weighted by molar-refractivity contribution is -0.155. The number of hydrogen-bond acceptors (Lipinski definition) is 4. The van der Waals surface area contributed by atoms with Crippen molar-refractivity contribution in [3.8, 4) is 0 Å². The van der Waals surface area contributed by atoms with Crippen LogP contribution in [0.3, 0.4) is 0 Å². The minimum atomic E-state index is -1.52. The van der Waals surface area contributed by atoms with Crippen LogP contribution in [-0.2, 0) is 14.4 Å². The highest BCUT2D eigenvalue weighted by Gasteiger charge is 2.45. The molecule has 1 saturated carbocycles. The van der Waals surface area contributed by atoms with E-state index in [4.69, 9.17) is 10.2 Å². The van der Waals surface area contributed by atoms with Crippen LogP contribution in [0.25, 0.3) is 0 Å². The van der Waals surface area contributed by atoms with Gasteiger partial charge in [-0.25, -0.2) is 4.79 Å². The Bertz CT molecular complexity index is 345. The Labute approximate surface area is 98.2 Å². The molecular weight excluding hydrogens is 226 g/mol. The number of hydrogen-bond donors (Lipinski definition) is 2. The predicted octanol–water partition coefficient (Wildman–Crippen LogP) is -0.393. The first-order valence-electron chi connectivity index (χ1n) is 5.76. The summed E-state index contributed by atoms with van der Waals surface area (Å²) in [6.45, 7) is -0.00185. The Morgan fingerprint density at radius 2 is 1.82 bits per heavy atom. The Balaban J connectivity index is 1.98. The second-order valence-corrected chi connectivity index (χ2v) is 4.68. The number of carboxylic acids is 1. The number of imide groups is 1. The van der Waals surface area contributed by atoms with Gasteiger partial charge in [-0.15, -0.1) is 0 Å². The van der Waals surface area contributed by atoms with Gasteiger partial charge in [0.05, 0.1) is 0 Å². The van der Waals surface area contributed by atoms with E-state index in [1.165, 1.54) is 0 Å². The molecule has 6 nitrogen and oxygen atoms in total. The molecule has 1 aliphatic heterocycles. The van der Waals surface area contributed by atoms with Crippen molar-refractivity contribution in [2.24, 2.45) is 11.8 Å². The number of carbonyl (C=O) groups is 3. The minimum absolute atomic E-state index is 0.00185. The van der Waals surface area contributed by atoms with Gasteiger partial charge in [-0.05, 0) is 19.3 Å². The third-order valence-electron chi connectivity index (χ3n) is 3.57. The van der Waals surface area contributed by atoms with Crippen LogP contribution in [0.4, 0.5) is 0 Å². The summed E-state index contributed by atoms with van der Waals surface area (Å²) in [4.78, 5) is 35.3. The summed E-state index contributed by atoms with van der Waals surface area (Å²) in [5, 5.41) is 17.6. The Hall–Kier alpha value is -1.43. The molecule has 17 heavy (non-hydrogen) atoms. The van der Waals surface area contributed by atoms with Crippen molar-refractivity contribution in [2.75, 3.05) is 6.54 Å². The van der Waals surface area contributed by atoms with Crippen molar-refractivity contribution in [1.82, 2.24) is 4.90 Å². The molecule has 2 bridgehead atoms. The molecule has 3 unspecified atom stereocenters. The van der Waals surface area contributed by atoms with E-state index in [9.17, 15) is 14.4 Å². The topological polar surface area (TPSA) is 94.9 Å². The molecule has 0 aromatic carbocycles. The SMILES string of the molecule is O=C(O)C(O)CCN1C(=O)C2CCC(C2)C1=O. The van der Waals surface area contributed by atoms with Gasteiger partial charge in [-0.1, -0.05) is 0 Å². The fraction of sp³-hybridized carbons (Fsp3) is 0.727. The molecule has 0 aromatic heterocycles. The van der Waals surface area contributed by atoms with Crippen LogP contribution in [0.5, 0.6) is 0 Å². The number of rotatable bonds is 4. The van der Waals surface area contributed by atoms with E-state index in [0.717, 1.165) is 17.7 Å². The molecule has 3 atom stereocenters. The van der Waals surface area contributed by atoms with Crippen molar-refractivity contribution in [3.63, 3.8) is 0 Å². The molecule has 0 radical (unpaired) electrons. The van der Waals surface area contributed by atoms with Crippen LogP contribution >= 0.6 is 0 Å². The summed E-state index contributed by atoms with van der Waals surface area (Å²) in [5.74, 6) is -1.91. The summed E-state index contributed by atoms with van der Waals surface area (Å²) in [7, 11) is 0. The maximum absolute atomic E-state index is 11.9. The highest BCUT2D eigenvalue weighted by molar-refractivity contribution is 6.00. The lowest BCUT2D eigenvalue weighted by atomic mass is 9.97. The molecule has 2 rings (SSSR count). The predicted molar refractivity (Wildman–Crippen MR) is 55.8 cm³/mol. The van der Waals surface area contributed by atoms with Gasteiger partial charge in [-0.3, -0.25) is 14.5 Å². The summed E-state index contributed by atoms with van der Waals surface area (Å²) >= 11 is 0. The number of likely N-dealkylation sites (tertiary alicyclic amines) is 1. The first-order valence-corrected chi connectivity index (χ1v) is 5.76. The van der Waals surface area contributed by atoms with E-state index in [1.54, 1.807) is 0 Å². The van der Waals surface area contributed by atoms with Gasteiger partial charge in [0.2, 0.25) is 11.8 Å². The third-order valence-corrected chi connectivity index (χ3v) is 3.57. The van der Waals surface area contributed by atoms with Crippen molar-refractivity contribution < 1.29 is 24.6 Å². The standard InChI is InChI=1S/C11H15NO5/c13-8(11(16)17)3-4-12-9(14)6-1-2-7(5-6)10(12)15/h6-8,13H,1-5H2,(H,16,17). The molecule has 6 heteroatoms. The number of aliphatic hydroxyl groups excluding tert-OH is 1. The van der Waals surface area contributed by atoms with Crippen LogP contribution in [0, 0.1) is 11.8 Å². The largest absolute Gasteiger partial charge is 0.479 e. The van der Waals surface area contributed by atoms with Gasteiger partial charge in [0.15, 0.2) is 6.10 Å². The van der Waals surface area contributed by atoms with Crippen LogP contribution in [-0.4, -0.2) is 45.5 Å². The van der Waals surface area contributed by atoms with Crippen molar-refractivity contribution in [3.05, 3.63) is 0 Å². The highest BCUT2D eigenvalue weighted by atomic mass is 16.4. The number of aliphatic carboxylic acids is 1. The fourth-order valence-corrected chi connectivity index (χ4v) is 2.57. The van der Waals surface area contributed by atoms with Gasteiger partial charge in [-0.2, -0.15) is 0 Å². The van der Waals surface area contributed by atoms with Crippen LogP contribution < -0.4 is 0 Å². The van der Waals surface area contributed by atoms with E-state index < -0.39 is 12.1 Å². The highest BCUT2D eigenvalue weighted by Crippen LogP contribution is 2.38. The van der Waals surface area contributed by atoms with Gasteiger partial charge >= 0.3 is 5.97 Å². The summed E-state index contributed by atoms with van der Waals surface area (Å²) in [6.07, 6.45) is 0.498. The average molecular weight is 241 g/mol. The minimum Gasteiger partial charge on any atom is -0.479 e. The van der Waals surface area contributed by atoms with E-state index in [-0.39, 0.29) is 36.6 Å². The molecule has 0 spiro atoms. The smallest absolute Gasteiger partial charge is 0.332 e. The first-order chi connectivity index (χ1) is 8.00.